The number of pyridine rings is 1. The molecule has 0 saturated heterocycles. The van der Waals surface area contributed by atoms with Gasteiger partial charge in [-0.25, -0.2) is 0 Å². The van der Waals surface area contributed by atoms with Crippen molar-refractivity contribution in [2.45, 2.75) is 13.1 Å². The van der Waals surface area contributed by atoms with Crippen molar-refractivity contribution < 1.29 is 13.7 Å². The number of methoxy groups -OCH3 is 1. The summed E-state index contributed by atoms with van der Waals surface area (Å²) >= 11 is 0. The molecule has 0 atom stereocenters. The molecule has 7 heteroatoms. The van der Waals surface area contributed by atoms with Gasteiger partial charge in [0.05, 0.1) is 26.0 Å². The van der Waals surface area contributed by atoms with E-state index in [1.165, 1.54) is 0 Å². The molecule has 3 aromatic rings. The van der Waals surface area contributed by atoms with Gasteiger partial charge in [0.15, 0.2) is 0 Å². The molecule has 0 unspecified atom stereocenters. The fourth-order valence-corrected chi connectivity index (χ4v) is 2.17. The number of nitrogens with zero attached hydrogens (tertiary/aromatic N) is 4. The van der Waals surface area contributed by atoms with E-state index >= 15 is 0 Å². The Kier molecular flexibility index (Phi) is 5.13. The molecule has 3 aromatic heterocycles. The summed E-state index contributed by atoms with van der Waals surface area (Å²) in [5.41, 5.74) is 0.692. The third-order valence-electron chi connectivity index (χ3n) is 3.29. The fraction of sp³-hybridized carbons (Fsp3) is 0.312. The Morgan fingerprint density at radius 3 is 2.87 bits per heavy atom. The van der Waals surface area contributed by atoms with E-state index < -0.39 is 0 Å². The van der Waals surface area contributed by atoms with E-state index in [1.807, 2.05) is 30.3 Å². The minimum atomic E-state index is 0.491. The van der Waals surface area contributed by atoms with Crippen LogP contribution >= 0.6 is 0 Å². The SMILES string of the molecule is COCCN(Cc1ccco1)Cc1nc(-c2ccccn2)no1. The molecule has 3 rings (SSSR count). The van der Waals surface area contributed by atoms with Gasteiger partial charge < -0.3 is 13.7 Å². The average molecular weight is 314 g/mol. The minimum Gasteiger partial charge on any atom is -0.468 e. The Morgan fingerprint density at radius 2 is 2.13 bits per heavy atom. The van der Waals surface area contributed by atoms with Crippen molar-refractivity contribution >= 4 is 0 Å². The molecule has 3 heterocycles. The van der Waals surface area contributed by atoms with Crippen LogP contribution in [0.2, 0.25) is 0 Å². The van der Waals surface area contributed by atoms with Crippen LogP contribution in [0.1, 0.15) is 11.7 Å². The van der Waals surface area contributed by atoms with Gasteiger partial charge in [0.2, 0.25) is 11.7 Å². The third kappa shape index (κ3) is 4.24. The summed E-state index contributed by atoms with van der Waals surface area (Å²) in [6.45, 7) is 2.52. The van der Waals surface area contributed by atoms with Crippen LogP contribution in [0, 0.1) is 0 Å². The van der Waals surface area contributed by atoms with Crippen LogP contribution in [0.5, 0.6) is 0 Å². The van der Waals surface area contributed by atoms with Gasteiger partial charge in [-0.2, -0.15) is 4.98 Å². The molecule has 0 aliphatic heterocycles. The number of furan rings is 1. The van der Waals surface area contributed by atoms with Crippen LogP contribution in [-0.2, 0) is 17.8 Å². The number of ether oxygens (including phenoxy) is 1. The molecule has 0 aliphatic carbocycles. The highest BCUT2D eigenvalue weighted by molar-refractivity contribution is 5.46. The molecular weight excluding hydrogens is 296 g/mol. The number of rotatable bonds is 8. The van der Waals surface area contributed by atoms with Crippen LogP contribution in [-0.4, -0.2) is 40.3 Å². The Morgan fingerprint density at radius 1 is 1.17 bits per heavy atom. The van der Waals surface area contributed by atoms with Crippen molar-refractivity contribution in [2.75, 3.05) is 20.3 Å². The summed E-state index contributed by atoms with van der Waals surface area (Å²) in [7, 11) is 1.68. The Balaban J connectivity index is 1.68. The normalized spacial score (nSPS) is 11.2. The minimum absolute atomic E-state index is 0.491. The second-order valence-electron chi connectivity index (χ2n) is 5.01. The fourth-order valence-electron chi connectivity index (χ4n) is 2.17. The third-order valence-corrected chi connectivity index (χ3v) is 3.29. The largest absolute Gasteiger partial charge is 0.468 e. The Labute approximate surface area is 133 Å². The van der Waals surface area contributed by atoms with Crippen LogP contribution in [0.15, 0.2) is 51.7 Å². The molecule has 0 aromatic carbocycles. The Hall–Kier alpha value is -2.51. The number of aromatic nitrogens is 3. The average Bonchev–Trinajstić information content (AvgIpc) is 3.25. The van der Waals surface area contributed by atoms with Crippen molar-refractivity contribution in [2.24, 2.45) is 0 Å². The lowest BCUT2D eigenvalue weighted by Gasteiger charge is -2.18. The molecule has 0 aliphatic rings. The lowest BCUT2D eigenvalue weighted by Crippen LogP contribution is -2.26. The summed E-state index contributed by atoms with van der Waals surface area (Å²) in [5, 5.41) is 3.99. The van der Waals surface area contributed by atoms with E-state index in [1.54, 1.807) is 19.6 Å². The maximum Gasteiger partial charge on any atom is 0.241 e. The molecule has 120 valence electrons. The first-order valence-electron chi connectivity index (χ1n) is 7.33. The zero-order valence-corrected chi connectivity index (χ0v) is 12.9. The predicted octanol–water partition coefficient (Wildman–Crippen LogP) is 2.37. The summed E-state index contributed by atoms with van der Waals surface area (Å²) in [6, 6.07) is 9.39. The maximum absolute atomic E-state index is 5.40. The molecule has 0 radical (unpaired) electrons. The van der Waals surface area contributed by atoms with Crippen molar-refractivity contribution in [3.05, 3.63) is 54.4 Å². The van der Waals surface area contributed by atoms with Gasteiger partial charge in [-0.15, -0.1) is 0 Å². The summed E-state index contributed by atoms with van der Waals surface area (Å²) < 4.78 is 15.9. The molecule has 23 heavy (non-hydrogen) atoms. The molecule has 7 nitrogen and oxygen atoms in total. The maximum atomic E-state index is 5.40. The van der Waals surface area contributed by atoms with E-state index in [2.05, 4.69) is 20.0 Å². The van der Waals surface area contributed by atoms with Crippen molar-refractivity contribution in [1.82, 2.24) is 20.0 Å². The van der Waals surface area contributed by atoms with E-state index in [-0.39, 0.29) is 0 Å². The van der Waals surface area contributed by atoms with E-state index in [9.17, 15) is 0 Å². The first-order chi connectivity index (χ1) is 11.3. The zero-order chi connectivity index (χ0) is 15.9. The van der Waals surface area contributed by atoms with Crippen LogP contribution in [0.4, 0.5) is 0 Å². The van der Waals surface area contributed by atoms with Gasteiger partial charge in [-0.05, 0) is 24.3 Å². The number of hydrogen-bond acceptors (Lipinski definition) is 7. The second-order valence-corrected chi connectivity index (χ2v) is 5.01. The lowest BCUT2D eigenvalue weighted by atomic mass is 10.3. The molecule has 0 N–H and O–H groups in total. The van der Waals surface area contributed by atoms with Crippen LogP contribution in [0.3, 0.4) is 0 Å². The quantitative estimate of drug-likeness (QED) is 0.631. The smallest absolute Gasteiger partial charge is 0.241 e. The Bertz CT molecular complexity index is 697. The van der Waals surface area contributed by atoms with Crippen LogP contribution in [0.25, 0.3) is 11.5 Å². The summed E-state index contributed by atoms with van der Waals surface area (Å²) in [6.07, 6.45) is 3.36. The van der Waals surface area contributed by atoms with E-state index in [4.69, 9.17) is 13.7 Å². The van der Waals surface area contributed by atoms with Crippen molar-refractivity contribution in [3.63, 3.8) is 0 Å². The molecule has 0 amide bonds. The molecular formula is C16H18N4O3. The first kappa shape index (κ1) is 15.4. The number of hydrogen-bond donors (Lipinski definition) is 0. The van der Waals surface area contributed by atoms with E-state index in [0.29, 0.717) is 37.1 Å². The zero-order valence-electron chi connectivity index (χ0n) is 12.9. The van der Waals surface area contributed by atoms with Gasteiger partial charge in [-0.3, -0.25) is 9.88 Å². The topological polar surface area (TPSA) is 77.4 Å². The summed E-state index contributed by atoms with van der Waals surface area (Å²) in [5.74, 6) is 1.91. The monoisotopic (exact) mass is 314 g/mol. The highest BCUT2D eigenvalue weighted by Gasteiger charge is 2.15. The standard InChI is InChI=1S/C16H18N4O3/c1-21-10-8-20(11-13-5-4-9-22-13)12-15-18-16(19-23-15)14-6-2-3-7-17-14/h2-7,9H,8,10-12H2,1H3. The van der Waals surface area contributed by atoms with Crippen molar-refractivity contribution in [3.8, 4) is 11.5 Å². The highest BCUT2D eigenvalue weighted by atomic mass is 16.5. The molecule has 0 spiro atoms. The molecule has 0 fully saturated rings. The summed E-state index contributed by atoms with van der Waals surface area (Å²) in [4.78, 5) is 10.7. The molecule has 0 bridgehead atoms. The highest BCUT2D eigenvalue weighted by Crippen LogP contribution is 2.14. The second kappa shape index (κ2) is 7.66. The van der Waals surface area contributed by atoms with Crippen molar-refractivity contribution in [1.29, 1.82) is 0 Å². The van der Waals surface area contributed by atoms with Gasteiger partial charge in [-0.1, -0.05) is 11.2 Å². The van der Waals surface area contributed by atoms with Crippen LogP contribution < -0.4 is 0 Å². The predicted molar refractivity (Wildman–Crippen MR) is 82.2 cm³/mol. The van der Waals surface area contributed by atoms with Gasteiger partial charge in [0, 0.05) is 19.9 Å². The molecule has 0 saturated carbocycles. The lowest BCUT2D eigenvalue weighted by molar-refractivity contribution is 0.126. The van der Waals surface area contributed by atoms with E-state index in [0.717, 1.165) is 12.3 Å². The van der Waals surface area contributed by atoms with Gasteiger partial charge in [0.25, 0.3) is 0 Å². The van der Waals surface area contributed by atoms with Gasteiger partial charge >= 0.3 is 0 Å². The van der Waals surface area contributed by atoms with Gasteiger partial charge in [0.1, 0.15) is 11.5 Å². The first-order valence-corrected chi connectivity index (χ1v) is 7.33.